The molecule has 1 aliphatic heterocycles. The van der Waals surface area contributed by atoms with Gasteiger partial charge < -0.3 is 18.6 Å². The lowest BCUT2D eigenvalue weighted by Crippen LogP contribution is -2.49. The number of esters is 1. The van der Waals surface area contributed by atoms with Gasteiger partial charge in [0.2, 0.25) is 0 Å². The molecule has 0 N–H and O–H groups in total. The summed E-state index contributed by atoms with van der Waals surface area (Å²) < 4.78 is 22.7. The van der Waals surface area contributed by atoms with Gasteiger partial charge in [-0.2, -0.15) is 0 Å². The van der Waals surface area contributed by atoms with Crippen molar-refractivity contribution in [3.63, 3.8) is 0 Å². The van der Waals surface area contributed by atoms with Gasteiger partial charge in [0.25, 0.3) is 0 Å². The Bertz CT molecular complexity index is 386. The Morgan fingerprint density at radius 1 is 1.23 bits per heavy atom. The Kier molecular flexibility index (Phi) is 6.23. The molecule has 0 amide bonds. The predicted octanol–water partition coefficient (Wildman–Crippen LogP) is 3.48. The SMILES string of the molecule is COC(=O)C[C@H]1C[C@@H](CO[Si](C)(C)C(C)(C)C)OC(C)(C)O1. The van der Waals surface area contributed by atoms with Crippen LogP contribution >= 0.6 is 0 Å². The van der Waals surface area contributed by atoms with Crippen molar-refractivity contribution in [2.45, 2.75) is 83.6 Å². The highest BCUT2D eigenvalue weighted by Gasteiger charge is 2.40. The zero-order valence-electron chi connectivity index (χ0n) is 15.3. The number of ether oxygens (including phenoxy) is 3. The maximum absolute atomic E-state index is 11.5. The summed E-state index contributed by atoms with van der Waals surface area (Å²) in [4.78, 5) is 11.5. The molecule has 5 nitrogen and oxygen atoms in total. The van der Waals surface area contributed by atoms with Crippen LogP contribution in [0.25, 0.3) is 0 Å². The summed E-state index contributed by atoms with van der Waals surface area (Å²) in [6, 6.07) is 0. The van der Waals surface area contributed by atoms with Gasteiger partial charge in [-0.15, -0.1) is 0 Å². The van der Waals surface area contributed by atoms with E-state index in [1.807, 2.05) is 13.8 Å². The first kappa shape index (κ1) is 19.6. The molecule has 0 aromatic carbocycles. The van der Waals surface area contributed by atoms with E-state index >= 15 is 0 Å². The predicted molar refractivity (Wildman–Crippen MR) is 88.2 cm³/mol. The molecule has 0 aromatic heterocycles. The molecule has 0 radical (unpaired) electrons. The van der Waals surface area contributed by atoms with Crippen molar-refractivity contribution in [2.24, 2.45) is 0 Å². The summed E-state index contributed by atoms with van der Waals surface area (Å²) in [5, 5.41) is 0.166. The molecule has 0 aromatic rings. The van der Waals surface area contributed by atoms with Crippen molar-refractivity contribution in [2.75, 3.05) is 13.7 Å². The zero-order chi connectivity index (χ0) is 17.2. The second-order valence-corrected chi connectivity index (χ2v) is 12.8. The average Bonchev–Trinajstić information content (AvgIpc) is 2.33. The molecule has 1 fully saturated rings. The molecular weight excluding hydrogens is 300 g/mol. The van der Waals surface area contributed by atoms with E-state index < -0.39 is 14.1 Å². The van der Waals surface area contributed by atoms with Crippen LogP contribution in [0, 0.1) is 0 Å². The minimum absolute atomic E-state index is 0.0625. The third-order valence-corrected chi connectivity index (χ3v) is 8.99. The quantitative estimate of drug-likeness (QED) is 0.570. The first-order valence-electron chi connectivity index (χ1n) is 7.93. The number of hydrogen-bond acceptors (Lipinski definition) is 5. The first-order valence-corrected chi connectivity index (χ1v) is 10.8. The molecule has 1 saturated heterocycles. The maximum atomic E-state index is 11.5. The summed E-state index contributed by atoms with van der Waals surface area (Å²) in [5.41, 5.74) is 0. The zero-order valence-corrected chi connectivity index (χ0v) is 16.3. The summed E-state index contributed by atoms with van der Waals surface area (Å²) in [6.45, 7) is 15.4. The molecule has 0 unspecified atom stereocenters. The molecule has 130 valence electrons. The molecule has 0 aliphatic carbocycles. The molecule has 2 atom stereocenters. The van der Waals surface area contributed by atoms with Crippen molar-refractivity contribution >= 4 is 14.3 Å². The Hall–Kier alpha value is -0.433. The average molecular weight is 333 g/mol. The Morgan fingerprint density at radius 2 is 1.77 bits per heavy atom. The van der Waals surface area contributed by atoms with Crippen LogP contribution in [0.1, 0.15) is 47.5 Å². The molecule has 22 heavy (non-hydrogen) atoms. The number of methoxy groups -OCH3 is 1. The smallest absolute Gasteiger partial charge is 0.308 e. The highest BCUT2D eigenvalue weighted by atomic mass is 28.4. The monoisotopic (exact) mass is 332 g/mol. The Labute approximate surface area is 135 Å². The highest BCUT2D eigenvalue weighted by molar-refractivity contribution is 6.74. The van der Waals surface area contributed by atoms with Gasteiger partial charge in [-0.05, 0) is 32.0 Å². The van der Waals surface area contributed by atoms with Gasteiger partial charge in [-0.3, -0.25) is 4.79 Å². The highest BCUT2D eigenvalue weighted by Crippen LogP contribution is 2.37. The fourth-order valence-corrected chi connectivity index (χ4v) is 3.27. The topological polar surface area (TPSA) is 54.0 Å². The summed E-state index contributed by atoms with van der Waals surface area (Å²) in [7, 11) is -0.415. The van der Waals surface area contributed by atoms with Crippen molar-refractivity contribution in [1.29, 1.82) is 0 Å². The number of carbonyl (C=O) groups excluding carboxylic acids is 1. The summed E-state index contributed by atoms with van der Waals surface area (Å²) >= 11 is 0. The molecule has 0 saturated carbocycles. The molecule has 0 spiro atoms. The molecule has 6 heteroatoms. The number of carbonyl (C=O) groups is 1. The lowest BCUT2D eigenvalue weighted by atomic mass is 10.1. The third kappa shape index (κ3) is 5.65. The van der Waals surface area contributed by atoms with Gasteiger partial charge >= 0.3 is 5.97 Å². The van der Waals surface area contributed by atoms with Gasteiger partial charge in [0.05, 0.1) is 32.3 Å². The van der Waals surface area contributed by atoms with Crippen molar-refractivity contribution in [3.05, 3.63) is 0 Å². The van der Waals surface area contributed by atoms with Crippen LogP contribution in [0.4, 0.5) is 0 Å². The fraction of sp³-hybridized carbons (Fsp3) is 0.938. The van der Waals surface area contributed by atoms with Crippen LogP contribution < -0.4 is 0 Å². The van der Waals surface area contributed by atoms with Crippen LogP contribution in [-0.4, -0.2) is 46.0 Å². The normalized spacial score (nSPS) is 25.8. The summed E-state index contributed by atoms with van der Waals surface area (Å²) in [5.74, 6) is -0.968. The molecular formula is C16H32O5Si. The van der Waals surface area contributed by atoms with Crippen molar-refractivity contribution < 1.29 is 23.4 Å². The van der Waals surface area contributed by atoms with Gasteiger partial charge in [0, 0.05) is 6.42 Å². The minimum atomic E-state index is -1.81. The maximum Gasteiger partial charge on any atom is 0.308 e. The third-order valence-electron chi connectivity index (χ3n) is 4.49. The van der Waals surface area contributed by atoms with Crippen LogP contribution in [0.5, 0.6) is 0 Å². The van der Waals surface area contributed by atoms with E-state index in [0.29, 0.717) is 13.0 Å². The van der Waals surface area contributed by atoms with Crippen LogP contribution in [0.2, 0.25) is 18.1 Å². The van der Waals surface area contributed by atoms with E-state index in [9.17, 15) is 4.79 Å². The van der Waals surface area contributed by atoms with E-state index in [1.54, 1.807) is 0 Å². The van der Waals surface area contributed by atoms with E-state index in [1.165, 1.54) is 7.11 Å². The van der Waals surface area contributed by atoms with Gasteiger partial charge in [0.1, 0.15) is 0 Å². The second kappa shape index (κ2) is 6.99. The van der Waals surface area contributed by atoms with Crippen molar-refractivity contribution in [3.8, 4) is 0 Å². The van der Waals surface area contributed by atoms with Crippen LogP contribution in [0.3, 0.4) is 0 Å². The van der Waals surface area contributed by atoms with Gasteiger partial charge in [0.15, 0.2) is 14.1 Å². The van der Waals surface area contributed by atoms with E-state index in [0.717, 1.165) is 0 Å². The summed E-state index contributed by atoms with van der Waals surface area (Å²) in [6.07, 6.45) is 0.643. The lowest BCUT2D eigenvalue weighted by molar-refractivity contribution is -0.303. The number of rotatable bonds is 5. The van der Waals surface area contributed by atoms with Crippen molar-refractivity contribution in [1.82, 2.24) is 0 Å². The van der Waals surface area contributed by atoms with Crippen LogP contribution in [-0.2, 0) is 23.4 Å². The largest absolute Gasteiger partial charge is 0.469 e. The standard InChI is InChI=1S/C16H32O5Si/c1-15(2,3)22(7,8)19-11-13-9-12(10-14(17)18-6)20-16(4,5)21-13/h12-13H,9-11H2,1-8H3/t12-,13+/m1/s1. The van der Waals surface area contributed by atoms with Gasteiger partial charge in [-0.25, -0.2) is 0 Å². The lowest BCUT2D eigenvalue weighted by Gasteiger charge is -2.42. The van der Waals surface area contributed by atoms with E-state index in [2.05, 4.69) is 33.9 Å². The Morgan fingerprint density at radius 3 is 2.27 bits per heavy atom. The minimum Gasteiger partial charge on any atom is -0.469 e. The van der Waals surface area contributed by atoms with Gasteiger partial charge in [-0.1, -0.05) is 20.8 Å². The van der Waals surface area contributed by atoms with Crippen LogP contribution in [0.15, 0.2) is 0 Å². The molecule has 1 heterocycles. The van der Waals surface area contributed by atoms with E-state index in [4.69, 9.17) is 18.6 Å². The van der Waals surface area contributed by atoms with E-state index in [-0.39, 0.29) is 29.6 Å². The number of hydrogen-bond donors (Lipinski definition) is 0. The first-order chi connectivity index (χ1) is 9.86. The second-order valence-electron chi connectivity index (χ2n) is 7.97. The Balaban J connectivity index is 2.64. The molecule has 1 rings (SSSR count). The molecule has 0 bridgehead atoms. The molecule has 1 aliphatic rings. The fourth-order valence-electron chi connectivity index (χ4n) is 2.23.